The van der Waals surface area contributed by atoms with Crippen LogP contribution >= 0.6 is 0 Å². The van der Waals surface area contributed by atoms with Crippen LogP contribution in [0.2, 0.25) is 0 Å². The van der Waals surface area contributed by atoms with Crippen molar-refractivity contribution in [2.24, 2.45) is 0 Å². The maximum Gasteiger partial charge on any atom is 0.163 e. The zero-order valence-electron chi connectivity index (χ0n) is 11.6. The number of anilines is 1. The second-order valence-corrected chi connectivity index (χ2v) is 5.08. The highest BCUT2D eigenvalue weighted by molar-refractivity contribution is 5.99. The average molecular weight is 276 g/mol. The molecule has 0 saturated heterocycles. The first-order valence-electron chi connectivity index (χ1n) is 6.95. The topological polar surface area (TPSA) is 56.0 Å². The van der Waals surface area contributed by atoms with Crippen LogP contribution < -0.4 is 5.73 Å². The standard InChI is InChI=1S/C18H16N2O/c19-16-5-1-3-13(11-16)6-9-18(21)15-7-8-17-14(12-15)4-2-10-20-17/h1-5,7-8,10-12H,6,9,19H2. The zero-order chi connectivity index (χ0) is 14.7. The molecule has 0 amide bonds. The van der Waals surface area contributed by atoms with Crippen LogP contribution in [-0.4, -0.2) is 10.8 Å². The van der Waals surface area contributed by atoms with Crippen LogP contribution in [0.15, 0.2) is 60.8 Å². The molecule has 0 aliphatic rings. The second-order valence-electron chi connectivity index (χ2n) is 5.08. The zero-order valence-corrected chi connectivity index (χ0v) is 11.6. The van der Waals surface area contributed by atoms with Gasteiger partial charge in [0.2, 0.25) is 0 Å². The highest BCUT2D eigenvalue weighted by Crippen LogP contribution is 2.16. The average Bonchev–Trinajstić information content (AvgIpc) is 2.52. The Morgan fingerprint density at radius 2 is 1.95 bits per heavy atom. The number of ketones is 1. The van der Waals surface area contributed by atoms with Crippen molar-refractivity contribution >= 4 is 22.4 Å². The van der Waals surface area contributed by atoms with Crippen LogP contribution in [0.3, 0.4) is 0 Å². The van der Waals surface area contributed by atoms with Crippen molar-refractivity contribution in [3.8, 4) is 0 Å². The van der Waals surface area contributed by atoms with Gasteiger partial charge in [0, 0.05) is 29.3 Å². The summed E-state index contributed by atoms with van der Waals surface area (Å²) in [6.45, 7) is 0. The predicted molar refractivity (Wildman–Crippen MR) is 85.2 cm³/mol. The van der Waals surface area contributed by atoms with Crippen molar-refractivity contribution in [3.63, 3.8) is 0 Å². The molecule has 1 aromatic heterocycles. The Bertz CT molecular complexity index is 796. The first kappa shape index (κ1) is 13.3. The van der Waals surface area contributed by atoms with Gasteiger partial charge in [0.25, 0.3) is 0 Å². The Hall–Kier alpha value is -2.68. The van der Waals surface area contributed by atoms with E-state index in [1.165, 1.54) is 0 Å². The Morgan fingerprint density at radius 1 is 1.05 bits per heavy atom. The summed E-state index contributed by atoms with van der Waals surface area (Å²) in [4.78, 5) is 16.6. The third kappa shape index (κ3) is 3.08. The Kier molecular flexibility index (Phi) is 3.65. The van der Waals surface area contributed by atoms with E-state index in [4.69, 9.17) is 5.73 Å². The van der Waals surface area contributed by atoms with Crippen molar-refractivity contribution in [1.29, 1.82) is 0 Å². The molecule has 104 valence electrons. The highest BCUT2D eigenvalue weighted by Gasteiger charge is 2.07. The molecule has 0 saturated carbocycles. The van der Waals surface area contributed by atoms with Gasteiger partial charge in [-0.2, -0.15) is 0 Å². The summed E-state index contributed by atoms with van der Waals surface area (Å²) in [6.07, 6.45) is 2.94. The lowest BCUT2D eigenvalue weighted by atomic mass is 10.0. The van der Waals surface area contributed by atoms with Gasteiger partial charge >= 0.3 is 0 Å². The molecule has 3 nitrogen and oxygen atoms in total. The number of aromatic nitrogens is 1. The van der Waals surface area contributed by atoms with Gasteiger partial charge in [0.05, 0.1) is 5.52 Å². The maximum absolute atomic E-state index is 12.3. The molecule has 1 heterocycles. The van der Waals surface area contributed by atoms with Crippen molar-refractivity contribution in [1.82, 2.24) is 4.98 Å². The van der Waals surface area contributed by atoms with E-state index >= 15 is 0 Å². The molecule has 3 aromatic rings. The van der Waals surface area contributed by atoms with Gasteiger partial charge in [0.1, 0.15) is 0 Å². The summed E-state index contributed by atoms with van der Waals surface area (Å²) < 4.78 is 0. The normalized spacial score (nSPS) is 10.7. The number of carbonyl (C=O) groups is 1. The molecule has 0 atom stereocenters. The molecule has 0 bridgehead atoms. The number of pyridine rings is 1. The first-order chi connectivity index (χ1) is 10.2. The lowest BCUT2D eigenvalue weighted by Crippen LogP contribution is -2.01. The lowest BCUT2D eigenvalue weighted by Gasteiger charge is -2.04. The number of hydrogen-bond acceptors (Lipinski definition) is 3. The minimum atomic E-state index is 0.142. The van der Waals surface area contributed by atoms with E-state index in [1.54, 1.807) is 6.20 Å². The fraction of sp³-hybridized carbons (Fsp3) is 0.111. The van der Waals surface area contributed by atoms with E-state index in [1.807, 2.05) is 54.6 Å². The summed E-state index contributed by atoms with van der Waals surface area (Å²) in [6, 6.07) is 17.2. The van der Waals surface area contributed by atoms with E-state index in [9.17, 15) is 4.79 Å². The molecule has 2 aromatic carbocycles. The van der Waals surface area contributed by atoms with Crippen molar-refractivity contribution < 1.29 is 4.79 Å². The van der Waals surface area contributed by atoms with Crippen LogP contribution in [0.5, 0.6) is 0 Å². The molecule has 21 heavy (non-hydrogen) atoms. The van der Waals surface area contributed by atoms with Crippen LogP contribution in [-0.2, 0) is 6.42 Å². The molecule has 2 N–H and O–H groups in total. The van der Waals surface area contributed by atoms with E-state index in [-0.39, 0.29) is 5.78 Å². The largest absolute Gasteiger partial charge is 0.399 e. The minimum absolute atomic E-state index is 0.142. The number of hydrogen-bond donors (Lipinski definition) is 1. The second kappa shape index (κ2) is 5.75. The maximum atomic E-state index is 12.3. The Balaban J connectivity index is 1.74. The van der Waals surface area contributed by atoms with Crippen LogP contribution in [0, 0.1) is 0 Å². The number of nitrogens with two attached hydrogens (primary N) is 1. The quantitative estimate of drug-likeness (QED) is 0.584. The summed E-state index contributed by atoms with van der Waals surface area (Å²) in [5.74, 6) is 0.142. The molecule has 3 heteroatoms. The summed E-state index contributed by atoms with van der Waals surface area (Å²) in [7, 11) is 0. The fourth-order valence-corrected chi connectivity index (χ4v) is 2.40. The summed E-state index contributed by atoms with van der Waals surface area (Å²) in [5, 5.41) is 0.993. The molecule has 0 aliphatic heterocycles. The number of carbonyl (C=O) groups excluding carboxylic acids is 1. The van der Waals surface area contributed by atoms with E-state index in [0.717, 1.165) is 27.7 Å². The van der Waals surface area contributed by atoms with Crippen LogP contribution in [0.25, 0.3) is 10.9 Å². The molecule has 0 spiro atoms. The van der Waals surface area contributed by atoms with E-state index < -0.39 is 0 Å². The van der Waals surface area contributed by atoms with Crippen molar-refractivity contribution in [2.45, 2.75) is 12.8 Å². The van der Waals surface area contributed by atoms with Gasteiger partial charge in [-0.15, -0.1) is 0 Å². The number of Topliss-reactive ketones (excluding diaryl/α,β-unsaturated/α-hetero) is 1. The third-order valence-electron chi connectivity index (χ3n) is 3.52. The molecule has 0 fully saturated rings. The van der Waals surface area contributed by atoms with Gasteiger partial charge < -0.3 is 5.73 Å². The van der Waals surface area contributed by atoms with Gasteiger partial charge in [-0.25, -0.2) is 0 Å². The lowest BCUT2D eigenvalue weighted by molar-refractivity contribution is 0.0983. The summed E-state index contributed by atoms with van der Waals surface area (Å²) in [5.41, 5.74) is 9.21. The van der Waals surface area contributed by atoms with Gasteiger partial charge in [-0.05, 0) is 48.4 Å². The molecular formula is C18H16N2O. The number of aryl methyl sites for hydroxylation is 1. The van der Waals surface area contributed by atoms with Gasteiger partial charge in [-0.1, -0.05) is 18.2 Å². The predicted octanol–water partition coefficient (Wildman–Crippen LogP) is 3.63. The minimum Gasteiger partial charge on any atom is -0.399 e. The molecule has 0 unspecified atom stereocenters. The Labute approximate surface area is 123 Å². The van der Waals surface area contributed by atoms with Gasteiger partial charge in [-0.3, -0.25) is 9.78 Å². The first-order valence-corrected chi connectivity index (χ1v) is 6.95. The molecular weight excluding hydrogens is 260 g/mol. The van der Waals surface area contributed by atoms with Crippen molar-refractivity contribution in [2.75, 3.05) is 5.73 Å². The molecule has 3 rings (SSSR count). The van der Waals surface area contributed by atoms with Gasteiger partial charge in [0.15, 0.2) is 5.78 Å². The Morgan fingerprint density at radius 3 is 2.81 bits per heavy atom. The molecule has 0 aliphatic carbocycles. The van der Waals surface area contributed by atoms with Crippen LogP contribution in [0.1, 0.15) is 22.3 Å². The van der Waals surface area contributed by atoms with E-state index in [2.05, 4.69) is 4.98 Å². The number of benzene rings is 2. The smallest absolute Gasteiger partial charge is 0.163 e. The van der Waals surface area contributed by atoms with Crippen LogP contribution in [0.4, 0.5) is 5.69 Å². The number of rotatable bonds is 4. The third-order valence-corrected chi connectivity index (χ3v) is 3.52. The molecule has 0 radical (unpaired) electrons. The number of fused-ring (bicyclic) bond motifs is 1. The number of nitrogen functional groups attached to an aromatic ring is 1. The van der Waals surface area contributed by atoms with Crippen molar-refractivity contribution in [3.05, 3.63) is 71.9 Å². The fourth-order valence-electron chi connectivity index (χ4n) is 2.40. The number of nitrogens with zero attached hydrogens (tertiary/aromatic N) is 1. The monoisotopic (exact) mass is 276 g/mol. The summed E-state index contributed by atoms with van der Waals surface area (Å²) >= 11 is 0. The van der Waals surface area contributed by atoms with E-state index in [0.29, 0.717) is 12.8 Å². The SMILES string of the molecule is Nc1cccc(CCC(=O)c2ccc3ncccc3c2)c1. The highest BCUT2D eigenvalue weighted by atomic mass is 16.1.